The number of nitrogens with zero attached hydrogens (tertiary/aromatic N) is 2. The fraction of sp³-hybridized carbons (Fsp3) is 0.308. The molecule has 1 aromatic heterocycles. The van der Waals surface area contributed by atoms with Crippen LogP contribution in [0.3, 0.4) is 0 Å². The van der Waals surface area contributed by atoms with E-state index in [-0.39, 0.29) is 5.82 Å². The average molecular weight is 312 g/mol. The van der Waals surface area contributed by atoms with E-state index in [1.807, 2.05) is 25.6 Å². The third-order valence-corrected chi connectivity index (χ3v) is 3.72. The molecule has 96 valence electrons. The smallest absolute Gasteiger partial charge is 0.124 e. The predicted molar refractivity (Wildman–Crippen MR) is 74.1 cm³/mol. The molecule has 2 rings (SSSR count). The van der Waals surface area contributed by atoms with E-state index in [0.717, 1.165) is 27.1 Å². The van der Waals surface area contributed by atoms with E-state index in [9.17, 15) is 4.39 Å². The minimum atomic E-state index is -0.237. The van der Waals surface area contributed by atoms with Gasteiger partial charge in [-0.2, -0.15) is 5.10 Å². The summed E-state index contributed by atoms with van der Waals surface area (Å²) in [5, 5.41) is 7.68. The first-order valence-corrected chi connectivity index (χ1v) is 6.46. The van der Waals surface area contributed by atoms with Crippen LogP contribution in [0.5, 0.6) is 0 Å². The Balaban J connectivity index is 2.16. The van der Waals surface area contributed by atoms with E-state index in [4.69, 9.17) is 0 Å². The first-order valence-electron chi connectivity index (χ1n) is 5.67. The number of hydrogen-bond donors (Lipinski definition) is 1. The number of benzene rings is 1. The van der Waals surface area contributed by atoms with E-state index >= 15 is 0 Å². The number of nitrogens with one attached hydrogen (secondary N) is 1. The molecule has 3 nitrogen and oxygen atoms in total. The van der Waals surface area contributed by atoms with Crippen LogP contribution in [0.2, 0.25) is 0 Å². The highest BCUT2D eigenvalue weighted by molar-refractivity contribution is 9.10. The largest absolute Gasteiger partial charge is 0.378 e. The standard InChI is InChI=1S/C13H15BrFN3/c1-8-13(9(2)18(3)17-8)16-7-10-4-5-11(15)6-12(10)14/h4-6,16H,7H2,1-3H3. The van der Waals surface area contributed by atoms with Crippen molar-refractivity contribution < 1.29 is 4.39 Å². The molecule has 0 bridgehead atoms. The molecule has 0 amide bonds. The molecule has 0 unspecified atom stereocenters. The number of aryl methyl sites for hydroxylation is 2. The van der Waals surface area contributed by atoms with E-state index in [0.29, 0.717) is 6.54 Å². The van der Waals surface area contributed by atoms with E-state index < -0.39 is 0 Å². The van der Waals surface area contributed by atoms with Crippen molar-refractivity contribution in [3.63, 3.8) is 0 Å². The van der Waals surface area contributed by atoms with Gasteiger partial charge in [-0.1, -0.05) is 22.0 Å². The summed E-state index contributed by atoms with van der Waals surface area (Å²) >= 11 is 3.36. The molecule has 0 saturated heterocycles. The molecule has 0 aliphatic carbocycles. The summed E-state index contributed by atoms with van der Waals surface area (Å²) in [7, 11) is 1.92. The molecule has 0 saturated carbocycles. The van der Waals surface area contributed by atoms with Crippen LogP contribution >= 0.6 is 15.9 Å². The Labute approximate surface area is 114 Å². The maximum absolute atomic E-state index is 13.0. The molecule has 1 heterocycles. The molecule has 0 aliphatic heterocycles. The van der Waals surface area contributed by atoms with E-state index in [1.165, 1.54) is 12.1 Å². The lowest BCUT2D eigenvalue weighted by atomic mass is 10.2. The Kier molecular flexibility index (Phi) is 3.71. The summed E-state index contributed by atoms with van der Waals surface area (Å²) in [6.07, 6.45) is 0. The van der Waals surface area contributed by atoms with Gasteiger partial charge >= 0.3 is 0 Å². The van der Waals surface area contributed by atoms with Gasteiger partial charge in [0.25, 0.3) is 0 Å². The van der Waals surface area contributed by atoms with E-state index in [1.54, 1.807) is 6.07 Å². The molecule has 2 aromatic rings. The predicted octanol–water partition coefficient (Wildman–Crippen LogP) is 3.55. The van der Waals surface area contributed by atoms with Gasteiger partial charge in [-0.3, -0.25) is 4.68 Å². The molecule has 0 atom stereocenters. The zero-order chi connectivity index (χ0) is 13.3. The summed E-state index contributed by atoms with van der Waals surface area (Å²) in [5.41, 5.74) is 4.10. The van der Waals surface area contributed by atoms with Crippen LogP contribution < -0.4 is 5.32 Å². The second-order valence-corrected chi connectivity index (χ2v) is 5.11. The average Bonchev–Trinajstić information content (AvgIpc) is 2.53. The van der Waals surface area contributed by atoms with Gasteiger partial charge in [-0.15, -0.1) is 0 Å². The van der Waals surface area contributed by atoms with Crippen molar-refractivity contribution in [1.82, 2.24) is 9.78 Å². The fourth-order valence-electron chi connectivity index (χ4n) is 1.88. The molecule has 1 aromatic carbocycles. The van der Waals surface area contributed by atoms with Gasteiger partial charge in [0.15, 0.2) is 0 Å². The minimum Gasteiger partial charge on any atom is -0.378 e. The molecule has 0 aliphatic rings. The van der Waals surface area contributed by atoms with Gasteiger partial charge in [-0.25, -0.2) is 4.39 Å². The van der Waals surface area contributed by atoms with Gasteiger partial charge in [0.1, 0.15) is 5.82 Å². The third kappa shape index (κ3) is 2.56. The van der Waals surface area contributed by atoms with Crippen molar-refractivity contribution in [2.75, 3.05) is 5.32 Å². The molecule has 1 N–H and O–H groups in total. The van der Waals surface area contributed by atoms with Crippen LogP contribution in [0.25, 0.3) is 0 Å². The Morgan fingerprint density at radius 1 is 1.39 bits per heavy atom. The zero-order valence-electron chi connectivity index (χ0n) is 10.6. The Morgan fingerprint density at radius 2 is 2.11 bits per heavy atom. The van der Waals surface area contributed by atoms with Gasteiger partial charge in [0.2, 0.25) is 0 Å². The molecule has 0 spiro atoms. The lowest BCUT2D eigenvalue weighted by Gasteiger charge is -2.08. The second kappa shape index (κ2) is 5.10. The fourth-order valence-corrected chi connectivity index (χ4v) is 2.37. The lowest BCUT2D eigenvalue weighted by Crippen LogP contribution is -2.02. The van der Waals surface area contributed by atoms with Crippen molar-refractivity contribution in [2.45, 2.75) is 20.4 Å². The van der Waals surface area contributed by atoms with Crippen LogP contribution in [-0.4, -0.2) is 9.78 Å². The lowest BCUT2D eigenvalue weighted by molar-refractivity contribution is 0.626. The Morgan fingerprint density at radius 3 is 2.67 bits per heavy atom. The topological polar surface area (TPSA) is 29.9 Å². The van der Waals surface area contributed by atoms with Crippen molar-refractivity contribution in [3.05, 3.63) is 45.4 Å². The summed E-state index contributed by atoms with van der Waals surface area (Å²) in [4.78, 5) is 0. The second-order valence-electron chi connectivity index (χ2n) is 4.26. The first-order chi connectivity index (χ1) is 8.49. The highest BCUT2D eigenvalue weighted by Crippen LogP contribution is 2.22. The maximum atomic E-state index is 13.0. The summed E-state index contributed by atoms with van der Waals surface area (Å²) in [6, 6.07) is 4.71. The van der Waals surface area contributed by atoms with Gasteiger partial charge in [-0.05, 0) is 31.5 Å². The molecule has 18 heavy (non-hydrogen) atoms. The highest BCUT2D eigenvalue weighted by atomic mass is 79.9. The zero-order valence-corrected chi connectivity index (χ0v) is 12.2. The Hall–Kier alpha value is -1.36. The van der Waals surface area contributed by atoms with Crippen LogP contribution in [0.4, 0.5) is 10.1 Å². The number of anilines is 1. The quantitative estimate of drug-likeness (QED) is 0.939. The minimum absolute atomic E-state index is 0.237. The molecule has 0 fully saturated rings. The van der Waals surface area contributed by atoms with Crippen LogP contribution in [0.1, 0.15) is 17.0 Å². The van der Waals surface area contributed by atoms with Crippen molar-refractivity contribution in [3.8, 4) is 0 Å². The van der Waals surface area contributed by atoms with Crippen molar-refractivity contribution in [1.29, 1.82) is 0 Å². The van der Waals surface area contributed by atoms with Gasteiger partial charge in [0, 0.05) is 18.1 Å². The summed E-state index contributed by atoms with van der Waals surface area (Å²) in [5.74, 6) is -0.237. The number of aromatic nitrogens is 2. The van der Waals surface area contributed by atoms with Gasteiger partial charge in [0.05, 0.1) is 17.1 Å². The third-order valence-electron chi connectivity index (χ3n) is 2.98. The number of rotatable bonds is 3. The molecule has 5 heteroatoms. The first kappa shape index (κ1) is 13.1. The summed E-state index contributed by atoms with van der Waals surface area (Å²) in [6.45, 7) is 4.62. The van der Waals surface area contributed by atoms with E-state index in [2.05, 4.69) is 26.3 Å². The van der Waals surface area contributed by atoms with Crippen molar-refractivity contribution >= 4 is 21.6 Å². The number of hydrogen-bond acceptors (Lipinski definition) is 2. The van der Waals surface area contributed by atoms with Crippen LogP contribution in [0, 0.1) is 19.7 Å². The van der Waals surface area contributed by atoms with Crippen molar-refractivity contribution in [2.24, 2.45) is 7.05 Å². The SMILES string of the molecule is Cc1nn(C)c(C)c1NCc1ccc(F)cc1Br. The number of halogens is 2. The molecular formula is C13H15BrFN3. The van der Waals surface area contributed by atoms with Gasteiger partial charge < -0.3 is 5.32 Å². The normalized spacial score (nSPS) is 10.7. The van der Waals surface area contributed by atoms with Crippen LogP contribution in [0.15, 0.2) is 22.7 Å². The maximum Gasteiger partial charge on any atom is 0.124 e. The summed E-state index contributed by atoms with van der Waals surface area (Å²) < 4.78 is 15.6. The van der Waals surface area contributed by atoms with Crippen LogP contribution in [-0.2, 0) is 13.6 Å². The Bertz CT molecular complexity index is 578. The molecular weight excluding hydrogens is 297 g/mol. The highest BCUT2D eigenvalue weighted by Gasteiger charge is 2.09. The molecule has 0 radical (unpaired) electrons. The monoisotopic (exact) mass is 311 g/mol.